The smallest absolute Gasteiger partial charge is 0.305 e. The summed E-state index contributed by atoms with van der Waals surface area (Å²) in [6, 6.07) is 0. The Hall–Kier alpha value is -1.14. The quantitative estimate of drug-likeness (QED) is 0.779. The van der Waals surface area contributed by atoms with Gasteiger partial charge in [0.1, 0.15) is 0 Å². The Labute approximate surface area is 89.7 Å². The van der Waals surface area contributed by atoms with Gasteiger partial charge in [-0.3, -0.25) is 9.36 Å². The molecule has 0 atom stereocenters. The average Bonchev–Trinajstić information content (AvgIpc) is 2.39. The molecule has 1 aromatic rings. The van der Waals surface area contributed by atoms with Crippen molar-refractivity contribution in [3.8, 4) is 5.88 Å². The van der Waals surface area contributed by atoms with Crippen molar-refractivity contribution in [1.29, 1.82) is 0 Å². The maximum Gasteiger partial charge on any atom is 0.305 e. The van der Waals surface area contributed by atoms with Gasteiger partial charge in [-0.05, 0) is 18.3 Å². The van der Waals surface area contributed by atoms with E-state index in [1.54, 1.807) is 0 Å². The SMILES string of the molecule is C=Cc1sc(=S)n(CCC(=O)O)c1O. The second-order valence-electron chi connectivity index (χ2n) is 2.56. The highest BCUT2D eigenvalue weighted by Crippen LogP contribution is 2.26. The highest BCUT2D eigenvalue weighted by atomic mass is 32.1. The maximum atomic E-state index is 10.3. The fourth-order valence-corrected chi connectivity index (χ4v) is 2.16. The molecule has 1 heterocycles. The molecule has 76 valence electrons. The zero-order valence-electron chi connectivity index (χ0n) is 7.27. The summed E-state index contributed by atoms with van der Waals surface area (Å²) >= 11 is 6.17. The second-order valence-corrected chi connectivity index (χ2v) is 4.23. The van der Waals surface area contributed by atoms with Crippen molar-refractivity contribution in [3.05, 3.63) is 15.4 Å². The van der Waals surface area contributed by atoms with E-state index in [4.69, 9.17) is 17.3 Å². The predicted molar refractivity (Wildman–Crippen MR) is 57.2 cm³/mol. The third-order valence-corrected chi connectivity index (χ3v) is 3.06. The first kappa shape index (κ1) is 10.9. The summed E-state index contributed by atoms with van der Waals surface area (Å²) < 4.78 is 1.85. The van der Waals surface area contributed by atoms with Gasteiger partial charge in [0.05, 0.1) is 11.3 Å². The minimum atomic E-state index is -0.919. The Morgan fingerprint density at radius 2 is 2.36 bits per heavy atom. The number of thiazole rings is 1. The summed E-state index contributed by atoms with van der Waals surface area (Å²) in [6.45, 7) is 3.70. The van der Waals surface area contributed by atoms with Gasteiger partial charge in [-0.25, -0.2) is 0 Å². The highest BCUT2D eigenvalue weighted by Gasteiger charge is 2.09. The third kappa shape index (κ3) is 2.21. The predicted octanol–water partition coefficient (Wildman–Crippen LogP) is 2.10. The molecule has 0 aliphatic rings. The molecule has 1 aromatic heterocycles. The van der Waals surface area contributed by atoms with Gasteiger partial charge in [0.25, 0.3) is 0 Å². The number of nitrogens with zero attached hydrogens (tertiary/aromatic N) is 1. The number of carboxylic acids is 1. The van der Waals surface area contributed by atoms with Crippen LogP contribution in [0.4, 0.5) is 0 Å². The van der Waals surface area contributed by atoms with Gasteiger partial charge in [0, 0.05) is 6.54 Å². The molecule has 0 spiro atoms. The van der Waals surface area contributed by atoms with E-state index in [2.05, 4.69) is 6.58 Å². The Balaban J connectivity index is 2.96. The summed E-state index contributed by atoms with van der Waals surface area (Å²) in [4.78, 5) is 10.9. The van der Waals surface area contributed by atoms with E-state index in [1.165, 1.54) is 22.0 Å². The number of aromatic nitrogens is 1. The van der Waals surface area contributed by atoms with Crippen molar-refractivity contribution < 1.29 is 15.0 Å². The molecule has 14 heavy (non-hydrogen) atoms. The Kier molecular flexibility index (Phi) is 3.43. The van der Waals surface area contributed by atoms with Crippen LogP contribution in [0.2, 0.25) is 0 Å². The number of aromatic hydroxyl groups is 1. The van der Waals surface area contributed by atoms with Crippen LogP contribution in [0.15, 0.2) is 6.58 Å². The van der Waals surface area contributed by atoms with E-state index >= 15 is 0 Å². The molecule has 4 nitrogen and oxygen atoms in total. The normalized spacial score (nSPS) is 10.0. The molecule has 0 aliphatic heterocycles. The first-order valence-corrected chi connectivity index (χ1v) is 5.05. The van der Waals surface area contributed by atoms with E-state index in [-0.39, 0.29) is 18.8 Å². The molecule has 0 aliphatic carbocycles. The fourth-order valence-electron chi connectivity index (χ4n) is 0.952. The minimum absolute atomic E-state index is 0.00347. The minimum Gasteiger partial charge on any atom is -0.493 e. The van der Waals surface area contributed by atoms with E-state index < -0.39 is 5.97 Å². The van der Waals surface area contributed by atoms with Gasteiger partial charge in [-0.2, -0.15) is 0 Å². The van der Waals surface area contributed by atoms with Crippen molar-refractivity contribution >= 4 is 35.6 Å². The molecular formula is C8H9NO3S2. The van der Waals surface area contributed by atoms with Crippen molar-refractivity contribution in [3.63, 3.8) is 0 Å². The van der Waals surface area contributed by atoms with E-state index in [0.717, 1.165) is 0 Å². The molecule has 0 amide bonds. The first-order chi connectivity index (χ1) is 6.56. The number of hydrogen-bond donors (Lipinski definition) is 2. The Bertz CT molecular complexity index is 419. The lowest BCUT2D eigenvalue weighted by atomic mass is 10.4. The molecule has 1 rings (SSSR count). The third-order valence-electron chi connectivity index (χ3n) is 1.63. The van der Waals surface area contributed by atoms with E-state index in [9.17, 15) is 9.90 Å². The number of rotatable bonds is 4. The van der Waals surface area contributed by atoms with Crippen molar-refractivity contribution in [2.24, 2.45) is 0 Å². The number of carboxylic acid groups (broad SMARTS) is 1. The molecule has 6 heteroatoms. The van der Waals surface area contributed by atoms with E-state index in [1.807, 2.05) is 0 Å². The van der Waals surface area contributed by atoms with Crippen molar-refractivity contribution in [2.75, 3.05) is 0 Å². The molecule has 0 aromatic carbocycles. The molecule has 2 N–H and O–H groups in total. The lowest BCUT2D eigenvalue weighted by Gasteiger charge is -2.01. The van der Waals surface area contributed by atoms with Gasteiger partial charge in [-0.15, -0.1) is 11.3 Å². The maximum absolute atomic E-state index is 10.3. The number of hydrogen-bond acceptors (Lipinski definition) is 4. The lowest BCUT2D eigenvalue weighted by molar-refractivity contribution is -0.137. The second kappa shape index (κ2) is 4.39. The monoisotopic (exact) mass is 231 g/mol. The summed E-state index contributed by atoms with van der Waals surface area (Å²) in [6.07, 6.45) is 1.43. The summed E-state index contributed by atoms with van der Waals surface area (Å²) in [5, 5.41) is 18.0. The van der Waals surface area contributed by atoms with Crippen LogP contribution in [0, 0.1) is 3.95 Å². The van der Waals surface area contributed by atoms with Gasteiger partial charge in [0.2, 0.25) is 5.88 Å². The van der Waals surface area contributed by atoms with Gasteiger partial charge >= 0.3 is 5.97 Å². The average molecular weight is 231 g/mol. The molecule has 0 saturated carbocycles. The van der Waals surface area contributed by atoms with Crippen LogP contribution in [-0.4, -0.2) is 20.7 Å². The highest BCUT2D eigenvalue weighted by molar-refractivity contribution is 7.73. The zero-order chi connectivity index (χ0) is 10.7. The van der Waals surface area contributed by atoms with Crippen LogP contribution in [0.1, 0.15) is 11.3 Å². The van der Waals surface area contributed by atoms with Gasteiger partial charge < -0.3 is 10.2 Å². The summed E-state index contributed by atoms with van der Waals surface area (Å²) in [5.74, 6) is -0.922. The topological polar surface area (TPSA) is 62.5 Å². The molecule has 0 unspecified atom stereocenters. The number of carbonyl (C=O) groups is 1. The molecular weight excluding hydrogens is 222 g/mol. The molecule has 0 fully saturated rings. The standard InChI is InChI=1S/C8H9NO3S2/c1-2-5-7(12)9(8(13)14-5)4-3-6(10)11/h2,12H,1,3-4H2,(H,10,11). The number of aliphatic carboxylic acids is 1. The Morgan fingerprint density at radius 3 is 2.79 bits per heavy atom. The van der Waals surface area contributed by atoms with Crippen LogP contribution >= 0.6 is 23.6 Å². The van der Waals surface area contributed by atoms with Crippen LogP contribution in [-0.2, 0) is 11.3 Å². The van der Waals surface area contributed by atoms with E-state index in [0.29, 0.717) is 8.83 Å². The summed E-state index contributed by atoms with van der Waals surface area (Å²) in [5.41, 5.74) is 0. The molecule has 0 bridgehead atoms. The largest absolute Gasteiger partial charge is 0.493 e. The van der Waals surface area contributed by atoms with Crippen LogP contribution in [0.5, 0.6) is 5.88 Å². The first-order valence-electron chi connectivity index (χ1n) is 3.83. The van der Waals surface area contributed by atoms with Crippen LogP contribution in [0.3, 0.4) is 0 Å². The lowest BCUT2D eigenvalue weighted by Crippen LogP contribution is -2.03. The zero-order valence-corrected chi connectivity index (χ0v) is 8.90. The fraction of sp³-hybridized carbons (Fsp3) is 0.250. The van der Waals surface area contributed by atoms with Crippen LogP contribution < -0.4 is 0 Å². The molecule has 0 saturated heterocycles. The van der Waals surface area contributed by atoms with Crippen LogP contribution in [0.25, 0.3) is 6.08 Å². The summed E-state index contributed by atoms with van der Waals surface area (Å²) in [7, 11) is 0. The Morgan fingerprint density at radius 1 is 1.71 bits per heavy atom. The van der Waals surface area contributed by atoms with Gasteiger partial charge in [-0.1, -0.05) is 6.58 Å². The molecule has 0 radical (unpaired) electrons. The van der Waals surface area contributed by atoms with Crippen molar-refractivity contribution in [1.82, 2.24) is 4.57 Å². The van der Waals surface area contributed by atoms with Gasteiger partial charge in [0.15, 0.2) is 3.95 Å². The van der Waals surface area contributed by atoms with Crippen molar-refractivity contribution in [2.45, 2.75) is 13.0 Å².